The Morgan fingerprint density at radius 2 is 1.28 bits per heavy atom. The van der Waals surface area contributed by atoms with E-state index in [0.717, 1.165) is 38.2 Å². The molecule has 12 N–H and O–H groups in total. The van der Waals surface area contributed by atoms with E-state index in [1.54, 1.807) is 0 Å². The number of rotatable bonds is 12. The lowest BCUT2D eigenvalue weighted by molar-refractivity contribution is -0.361. The maximum absolute atomic E-state index is 15.2. The summed E-state index contributed by atoms with van der Waals surface area (Å²) in [6.07, 6.45) is -21.6. The van der Waals surface area contributed by atoms with Gasteiger partial charge in [0.1, 0.15) is 92.1 Å². The third kappa shape index (κ3) is 10.1. The molecule has 23 nitrogen and oxygen atoms in total. The van der Waals surface area contributed by atoms with E-state index in [4.69, 9.17) is 42.6 Å². The molecule has 28 atom stereocenters. The standard InChI is InChI=1S/C55H88O23/c1-24-34(59)37(62)41(66)47(73-24)77-44-30(22-70-25(2)57)75-45(43(68)39(44)64)72-21-29-36(61)38(63)42(67)48(74-29)78-49(69)55-17-15-51(5,23-56)19-27(55)26-9-10-32-52(6)13-12-33(76-46-40(65)35(60)28(58)20-71-46)50(3,4)31(52)11-14-54(32,8)53(26,7)16-18-55/h9,24,27-48,56,58-68H,10-23H2,1-8H3/t24-,27-,28+,29+,30+,31-,32+,33-,34-,35+,36+,37+,38-,39+,40-,41+,42+,43+,44+,45+,46+,47-,48-,51+,52-,53+,54+,55-/m0/s1. The van der Waals surface area contributed by atoms with Crippen LogP contribution in [-0.4, -0.2) is 222 Å². The molecule has 4 saturated carbocycles. The maximum atomic E-state index is 15.2. The van der Waals surface area contributed by atoms with Crippen molar-refractivity contribution < 1.29 is 113 Å². The summed E-state index contributed by atoms with van der Waals surface area (Å²) in [7, 11) is 0. The van der Waals surface area contributed by atoms with Crippen molar-refractivity contribution in [2.75, 3.05) is 26.4 Å². The second-order valence-electron chi connectivity index (χ2n) is 26.3. The molecule has 0 aromatic rings. The molecular weight excluding hydrogens is 1030 g/mol. The second-order valence-corrected chi connectivity index (χ2v) is 26.3. The van der Waals surface area contributed by atoms with Gasteiger partial charge in [0.15, 0.2) is 18.9 Å². The predicted molar refractivity (Wildman–Crippen MR) is 266 cm³/mol. The van der Waals surface area contributed by atoms with Crippen molar-refractivity contribution in [2.24, 2.45) is 50.2 Å². The molecule has 0 aromatic heterocycles. The Labute approximate surface area is 455 Å². The highest BCUT2D eigenvalue weighted by atomic mass is 16.8. The summed E-state index contributed by atoms with van der Waals surface area (Å²) in [6.45, 7) is 14.7. The van der Waals surface area contributed by atoms with Crippen LogP contribution in [0.15, 0.2) is 11.6 Å². The average molecular weight is 1120 g/mol. The molecule has 0 radical (unpaired) electrons. The summed E-state index contributed by atoms with van der Waals surface area (Å²) < 4.78 is 52.6. The van der Waals surface area contributed by atoms with Crippen LogP contribution in [0.1, 0.15) is 120 Å². The summed E-state index contributed by atoms with van der Waals surface area (Å²) >= 11 is 0. The highest BCUT2D eigenvalue weighted by Crippen LogP contribution is 2.76. The van der Waals surface area contributed by atoms with Crippen LogP contribution in [0.3, 0.4) is 0 Å². The Hall–Kier alpha value is -2.08. The van der Waals surface area contributed by atoms with Gasteiger partial charge in [-0.1, -0.05) is 53.2 Å². The molecular formula is C55H88O23. The fourth-order valence-electron chi connectivity index (χ4n) is 16.3. The van der Waals surface area contributed by atoms with Crippen LogP contribution in [0.4, 0.5) is 0 Å². The molecule has 4 saturated heterocycles. The minimum Gasteiger partial charge on any atom is -0.463 e. The lowest BCUT2D eigenvalue weighted by Crippen LogP contribution is -2.66. The van der Waals surface area contributed by atoms with E-state index in [2.05, 4.69) is 40.7 Å². The Bertz CT molecular complexity index is 2180. The number of carbonyl (C=O) groups is 2. The highest BCUT2D eigenvalue weighted by molar-refractivity contribution is 5.79. The molecule has 5 aliphatic carbocycles. The van der Waals surface area contributed by atoms with Crippen LogP contribution in [0.5, 0.6) is 0 Å². The van der Waals surface area contributed by atoms with E-state index in [1.807, 2.05) is 6.92 Å². The number of fused-ring (bicyclic) bond motifs is 7. The van der Waals surface area contributed by atoms with E-state index >= 15 is 4.79 Å². The molecule has 4 aliphatic heterocycles. The summed E-state index contributed by atoms with van der Waals surface area (Å²) in [5, 5.41) is 130. The van der Waals surface area contributed by atoms with Gasteiger partial charge >= 0.3 is 11.9 Å². The number of aliphatic hydroxyl groups is 12. The van der Waals surface area contributed by atoms with Gasteiger partial charge in [-0.15, -0.1) is 0 Å². The van der Waals surface area contributed by atoms with E-state index in [-0.39, 0.29) is 58.7 Å². The summed E-state index contributed by atoms with van der Waals surface area (Å²) in [6, 6.07) is 0. The Kier molecular flexibility index (Phi) is 17.2. The van der Waals surface area contributed by atoms with Gasteiger partial charge in [-0.05, 0) is 116 Å². The first-order chi connectivity index (χ1) is 36.5. The van der Waals surface area contributed by atoms with Gasteiger partial charge in [0, 0.05) is 13.5 Å². The van der Waals surface area contributed by atoms with Crippen LogP contribution in [0, 0.1) is 50.2 Å². The number of hydrogen-bond acceptors (Lipinski definition) is 23. The van der Waals surface area contributed by atoms with Crippen LogP contribution in [-0.2, 0) is 52.2 Å². The minimum absolute atomic E-state index is 0.101. The van der Waals surface area contributed by atoms with E-state index < -0.39 is 153 Å². The first kappa shape index (κ1) is 60.5. The van der Waals surface area contributed by atoms with Crippen LogP contribution in [0.25, 0.3) is 0 Å². The lowest BCUT2D eigenvalue weighted by Gasteiger charge is -2.71. The maximum Gasteiger partial charge on any atom is 0.315 e. The fraction of sp³-hybridized carbons (Fsp3) is 0.927. The molecule has 0 spiro atoms. The second kappa shape index (κ2) is 22.2. The average Bonchev–Trinajstić information content (AvgIpc) is 3.31. The van der Waals surface area contributed by atoms with Crippen molar-refractivity contribution in [1.82, 2.24) is 0 Å². The van der Waals surface area contributed by atoms with Crippen molar-refractivity contribution in [1.29, 1.82) is 0 Å². The van der Waals surface area contributed by atoms with Gasteiger partial charge in [0.25, 0.3) is 0 Å². The number of carbonyl (C=O) groups excluding carboxylic acids is 2. The first-order valence-electron chi connectivity index (χ1n) is 28.1. The van der Waals surface area contributed by atoms with Crippen molar-refractivity contribution in [3.63, 3.8) is 0 Å². The van der Waals surface area contributed by atoms with Crippen LogP contribution in [0.2, 0.25) is 0 Å². The zero-order valence-corrected chi connectivity index (χ0v) is 46.1. The lowest BCUT2D eigenvalue weighted by atomic mass is 9.33. The normalized spacial score (nSPS) is 53.1. The predicted octanol–water partition coefficient (Wildman–Crippen LogP) is -0.825. The number of hydrogen-bond donors (Lipinski definition) is 12. The zero-order chi connectivity index (χ0) is 57.0. The fourth-order valence-corrected chi connectivity index (χ4v) is 16.3. The van der Waals surface area contributed by atoms with E-state index in [0.29, 0.717) is 38.5 Å². The molecule has 9 rings (SSSR count). The molecule has 9 aliphatic rings. The molecule has 4 heterocycles. The van der Waals surface area contributed by atoms with Crippen molar-refractivity contribution in [3.05, 3.63) is 11.6 Å². The monoisotopic (exact) mass is 1120 g/mol. The molecule has 0 bridgehead atoms. The quantitative estimate of drug-likeness (QED) is 0.0645. The van der Waals surface area contributed by atoms with Gasteiger partial charge in [-0.25, -0.2) is 0 Å². The van der Waals surface area contributed by atoms with E-state index in [1.165, 1.54) is 6.92 Å². The molecule has 8 fully saturated rings. The minimum atomic E-state index is -1.91. The van der Waals surface area contributed by atoms with Crippen molar-refractivity contribution in [2.45, 2.75) is 242 Å². The SMILES string of the molecule is CC(=O)OC[C@H]1O[C@@H](OC[C@H]2O[C@@H](OC(=O)[C@]34CC[C@@](C)(CO)C[C@H]3C3=CC[C@@H]5[C@@]6(C)CC[C@H](O[C@H]7OC[C@@H](O)[C@@H](O)[C@@H]7O)C(C)(C)[C@@H]6CC[C@@]5(C)[C@]3(C)CC4)[C@H](O)[C@@H](O)[C@@H]2O)[C@H](O)[C@@H](O)[C@@H]1O[C@@H]1O[C@@H](C)[C@H](O)[C@@H](O)[C@H]1O. The van der Waals surface area contributed by atoms with Gasteiger partial charge in [-0.3, -0.25) is 9.59 Å². The molecule has 23 heteroatoms. The smallest absolute Gasteiger partial charge is 0.315 e. The van der Waals surface area contributed by atoms with E-state index in [9.17, 15) is 66.1 Å². The van der Waals surface area contributed by atoms with Gasteiger partial charge in [-0.2, -0.15) is 0 Å². The topological polar surface area (TPSA) is 360 Å². The van der Waals surface area contributed by atoms with Crippen molar-refractivity contribution in [3.8, 4) is 0 Å². The summed E-state index contributed by atoms with van der Waals surface area (Å²) in [4.78, 5) is 27.1. The third-order valence-electron chi connectivity index (χ3n) is 21.5. The molecule has 78 heavy (non-hydrogen) atoms. The molecule has 0 aromatic carbocycles. The van der Waals surface area contributed by atoms with Gasteiger partial charge in [0.2, 0.25) is 6.29 Å². The molecule has 0 amide bonds. The van der Waals surface area contributed by atoms with Crippen molar-refractivity contribution >= 4 is 11.9 Å². The third-order valence-corrected chi connectivity index (χ3v) is 21.5. The number of aliphatic hydroxyl groups excluding tert-OH is 12. The Morgan fingerprint density at radius 3 is 1.97 bits per heavy atom. The van der Waals surface area contributed by atoms with Crippen LogP contribution < -0.4 is 0 Å². The number of esters is 2. The molecule has 446 valence electrons. The zero-order valence-electron chi connectivity index (χ0n) is 46.1. The summed E-state index contributed by atoms with van der Waals surface area (Å²) in [5.41, 5.74) is -1.55. The first-order valence-corrected chi connectivity index (χ1v) is 28.1. The largest absolute Gasteiger partial charge is 0.463 e. The van der Waals surface area contributed by atoms with Crippen LogP contribution >= 0.6 is 0 Å². The summed E-state index contributed by atoms with van der Waals surface area (Å²) in [5.74, 6) is -1.30. The Balaban J connectivity index is 0.907. The molecule has 0 unspecified atom stereocenters. The highest BCUT2D eigenvalue weighted by Gasteiger charge is 2.70. The Morgan fingerprint density at radius 1 is 0.641 bits per heavy atom. The van der Waals surface area contributed by atoms with Gasteiger partial charge < -0.3 is 104 Å². The van der Waals surface area contributed by atoms with Gasteiger partial charge in [0.05, 0.1) is 30.8 Å². The number of allylic oxidation sites excluding steroid dienone is 2. The number of ether oxygens (including phenoxy) is 9.